The van der Waals surface area contributed by atoms with Crippen molar-refractivity contribution in [1.29, 1.82) is 0 Å². The predicted octanol–water partition coefficient (Wildman–Crippen LogP) is -0.973. The van der Waals surface area contributed by atoms with Crippen LogP contribution in [-0.4, -0.2) is 39.5 Å². The average molecular weight is 266 g/mol. The fourth-order valence-electron chi connectivity index (χ4n) is 2.39. The molecule has 1 atom stereocenters. The lowest BCUT2D eigenvalue weighted by molar-refractivity contribution is 0.0620. The van der Waals surface area contributed by atoms with E-state index in [4.69, 9.17) is 5.73 Å². The molecular weight excluding hydrogens is 248 g/mol. The number of carbonyl (C=O) groups excluding carboxylic acids is 1. The quantitative estimate of drug-likeness (QED) is 0.719. The largest absolute Gasteiger partial charge is 0.334 e. The van der Waals surface area contributed by atoms with Crippen molar-refractivity contribution in [1.82, 2.24) is 14.5 Å². The van der Waals surface area contributed by atoms with Crippen LogP contribution in [0.5, 0.6) is 0 Å². The first kappa shape index (κ1) is 13.5. The van der Waals surface area contributed by atoms with Crippen LogP contribution in [0.4, 0.5) is 0 Å². The molecule has 0 aromatic carbocycles. The van der Waals surface area contributed by atoms with Crippen LogP contribution in [0.1, 0.15) is 29.6 Å². The Labute approximate surface area is 110 Å². The molecule has 2 heterocycles. The fraction of sp³-hybridized carbons (Fsp3) is 0.583. The molecule has 104 valence electrons. The molecule has 0 spiro atoms. The van der Waals surface area contributed by atoms with E-state index in [1.807, 2.05) is 0 Å². The second kappa shape index (κ2) is 5.40. The van der Waals surface area contributed by atoms with E-state index in [0.29, 0.717) is 13.1 Å². The molecule has 0 bridgehead atoms. The normalized spacial score (nSPS) is 19.5. The van der Waals surface area contributed by atoms with Crippen molar-refractivity contribution in [2.45, 2.75) is 25.3 Å². The number of hydrogen-bond acceptors (Lipinski definition) is 4. The van der Waals surface area contributed by atoms with Gasteiger partial charge in [0.05, 0.1) is 0 Å². The molecule has 1 fully saturated rings. The van der Waals surface area contributed by atoms with Gasteiger partial charge in [0, 0.05) is 32.4 Å². The van der Waals surface area contributed by atoms with Crippen molar-refractivity contribution in [2.75, 3.05) is 13.1 Å². The first-order valence-electron chi connectivity index (χ1n) is 6.36. The molecule has 7 heteroatoms. The van der Waals surface area contributed by atoms with Gasteiger partial charge in [-0.2, -0.15) is 0 Å². The number of hydrogen-bond donors (Lipinski definition) is 2. The van der Waals surface area contributed by atoms with Gasteiger partial charge in [-0.3, -0.25) is 14.2 Å². The maximum atomic E-state index is 12.4. The highest BCUT2D eigenvalue weighted by molar-refractivity contribution is 5.93. The molecule has 2 rings (SSSR count). The summed E-state index contributed by atoms with van der Waals surface area (Å²) in [6.45, 7) is 0.985. The van der Waals surface area contributed by atoms with E-state index in [2.05, 4.69) is 4.98 Å². The third-order valence-electron chi connectivity index (χ3n) is 3.57. The van der Waals surface area contributed by atoms with Gasteiger partial charge in [0.15, 0.2) is 0 Å². The van der Waals surface area contributed by atoms with E-state index >= 15 is 0 Å². The Morgan fingerprint density at radius 1 is 1.47 bits per heavy atom. The third kappa shape index (κ3) is 2.46. The van der Waals surface area contributed by atoms with E-state index in [9.17, 15) is 14.4 Å². The number of nitrogens with one attached hydrogen (secondary N) is 1. The van der Waals surface area contributed by atoms with Crippen molar-refractivity contribution >= 4 is 5.91 Å². The SMILES string of the molecule is Cn1c(=O)[nH]cc(C(=O)N2CCCC[C@H]2CN)c1=O. The molecule has 0 unspecified atom stereocenters. The van der Waals surface area contributed by atoms with Gasteiger partial charge in [0.1, 0.15) is 5.56 Å². The maximum Gasteiger partial charge on any atom is 0.328 e. The molecule has 1 aliphatic heterocycles. The monoisotopic (exact) mass is 266 g/mol. The maximum absolute atomic E-state index is 12.4. The Morgan fingerprint density at radius 3 is 2.89 bits per heavy atom. The minimum atomic E-state index is -0.574. The first-order chi connectivity index (χ1) is 9.06. The molecule has 0 saturated carbocycles. The Balaban J connectivity index is 2.36. The van der Waals surface area contributed by atoms with Gasteiger partial charge in [-0.05, 0) is 19.3 Å². The van der Waals surface area contributed by atoms with Gasteiger partial charge in [-0.25, -0.2) is 4.79 Å². The Hall–Kier alpha value is -1.89. The van der Waals surface area contributed by atoms with Crippen molar-refractivity contribution in [2.24, 2.45) is 12.8 Å². The minimum Gasteiger partial charge on any atom is -0.334 e. The number of nitrogens with zero attached hydrogens (tertiary/aromatic N) is 2. The molecule has 0 radical (unpaired) electrons. The second-order valence-electron chi connectivity index (χ2n) is 4.76. The number of piperidine rings is 1. The van der Waals surface area contributed by atoms with E-state index < -0.39 is 11.2 Å². The first-order valence-corrected chi connectivity index (χ1v) is 6.36. The topological polar surface area (TPSA) is 101 Å². The van der Waals surface area contributed by atoms with Crippen LogP contribution in [0, 0.1) is 0 Å². The molecule has 1 amide bonds. The zero-order valence-corrected chi connectivity index (χ0v) is 10.9. The van der Waals surface area contributed by atoms with Gasteiger partial charge in [0.25, 0.3) is 11.5 Å². The zero-order valence-electron chi connectivity index (χ0n) is 10.9. The summed E-state index contributed by atoms with van der Waals surface area (Å²) < 4.78 is 0.897. The lowest BCUT2D eigenvalue weighted by Gasteiger charge is -2.34. The highest BCUT2D eigenvalue weighted by Gasteiger charge is 2.28. The van der Waals surface area contributed by atoms with E-state index in [-0.39, 0.29) is 17.5 Å². The van der Waals surface area contributed by atoms with E-state index in [0.717, 1.165) is 23.8 Å². The molecule has 3 N–H and O–H groups in total. The molecule has 19 heavy (non-hydrogen) atoms. The van der Waals surface area contributed by atoms with E-state index in [1.54, 1.807) is 4.90 Å². The van der Waals surface area contributed by atoms with Crippen molar-refractivity contribution in [3.05, 3.63) is 32.6 Å². The number of aromatic nitrogens is 2. The summed E-state index contributed by atoms with van der Waals surface area (Å²) in [5, 5.41) is 0. The minimum absolute atomic E-state index is 0.0116. The second-order valence-corrected chi connectivity index (χ2v) is 4.76. The number of aromatic amines is 1. The number of likely N-dealkylation sites (tertiary alicyclic amines) is 1. The Morgan fingerprint density at radius 2 is 2.21 bits per heavy atom. The number of H-pyrrole nitrogens is 1. The van der Waals surface area contributed by atoms with Crippen LogP contribution in [0.15, 0.2) is 15.8 Å². The highest BCUT2D eigenvalue weighted by atomic mass is 16.2. The third-order valence-corrected chi connectivity index (χ3v) is 3.57. The summed E-state index contributed by atoms with van der Waals surface area (Å²) in [6.07, 6.45) is 3.99. The van der Waals surface area contributed by atoms with Crippen LogP contribution in [0.3, 0.4) is 0 Å². The lowest BCUT2D eigenvalue weighted by atomic mass is 10.0. The van der Waals surface area contributed by atoms with Crippen molar-refractivity contribution in [3.8, 4) is 0 Å². The van der Waals surface area contributed by atoms with Gasteiger partial charge in [0.2, 0.25) is 0 Å². The van der Waals surface area contributed by atoms with Gasteiger partial charge in [-0.1, -0.05) is 0 Å². The van der Waals surface area contributed by atoms with Crippen LogP contribution in [0.2, 0.25) is 0 Å². The number of nitrogens with two attached hydrogens (primary N) is 1. The van der Waals surface area contributed by atoms with Crippen LogP contribution in [0.25, 0.3) is 0 Å². The summed E-state index contributed by atoms with van der Waals surface area (Å²) in [5.41, 5.74) is 4.55. The van der Waals surface area contributed by atoms with Crippen LogP contribution in [-0.2, 0) is 7.05 Å². The molecule has 1 saturated heterocycles. The molecule has 0 aliphatic carbocycles. The lowest BCUT2D eigenvalue weighted by Crippen LogP contribution is -2.49. The number of carbonyl (C=O) groups is 1. The molecule has 1 aromatic heterocycles. The van der Waals surface area contributed by atoms with Crippen LogP contribution >= 0.6 is 0 Å². The molecule has 1 aliphatic rings. The number of rotatable bonds is 2. The van der Waals surface area contributed by atoms with E-state index in [1.165, 1.54) is 13.2 Å². The zero-order chi connectivity index (χ0) is 14.0. The van der Waals surface area contributed by atoms with Crippen LogP contribution < -0.4 is 17.0 Å². The molecule has 7 nitrogen and oxygen atoms in total. The standard InChI is InChI=1S/C12H18N4O3/c1-15-10(17)9(7-14-12(15)19)11(18)16-5-3-2-4-8(16)6-13/h7-8H,2-6,13H2,1H3,(H,14,19)/t8-/m0/s1. The summed E-state index contributed by atoms with van der Waals surface area (Å²) in [7, 11) is 1.34. The molecule has 1 aromatic rings. The fourth-order valence-corrected chi connectivity index (χ4v) is 2.39. The predicted molar refractivity (Wildman–Crippen MR) is 70.0 cm³/mol. The Bertz CT molecular complexity index is 589. The summed E-state index contributed by atoms with van der Waals surface area (Å²) >= 11 is 0. The van der Waals surface area contributed by atoms with Crippen molar-refractivity contribution < 1.29 is 4.79 Å². The summed E-state index contributed by atoms with van der Waals surface area (Å²) in [4.78, 5) is 39.6. The van der Waals surface area contributed by atoms with Gasteiger partial charge in [-0.15, -0.1) is 0 Å². The average Bonchev–Trinajstić information content (AvgIpc) is 2.44. The Kier molecular flexibility index (Phi) is 3.84. The van der Waals surface area contributed by atoms with Gasteiger partial charge >= 0.3 is 5.69 Å². The molecular formula is C12H18N4O3. The summed E-state index contributed by atoms with van der Waals surface area (Å²) in [6, 6.07) is -0.0297. The summed E-state index contributed by atoms with van der Waals surface area (Å²) in [5.74, 6) is -0.355. The smallest absolute Gasteiger partial charge is 0.328 e. The highest BCUT2D eigenvalue weighted by Crippen LogP contribution is 2.17. The van der Waals surface area contributed by atoms with Crippen molar-refractivity contribution in [3.63, 3.8) is 0 Å². The van der Waals surface area contributed by atoms with Gasteiger partial charge < -0.3 is 15.6 Å². The number of amides is 1.